The smallest absolute Gasteiger partial charge is 0.325 e. The number of nitrogens with one attached hydrogen (secondary N) is 2. The summed E-state index contributed by atoms with van der Waals surface area (Å²) >= 11 is 0. The van der Waals surface area contributed by atoms with Crippen LogP contribution in [-0.4, -0.2) is 51.0 Å². The predicted octanol–water partition coefficient (Wildman–Crippen LogP) is 2.99. The Morgan fingerprint density at radius 1 is 1.07 bits per heavy atom. The summed E-state index contributed by atoms with van der Waals surface area (Å²) in [7, 11) is 0. The summed E-state index contributed by atoms with van der Waals surface area (Å²) in [5.41, 5.74) is 1.98. The van der Waals surface area contributed by atoms with Gasteiger partial charge in [0.15, 0.2) is 0 Å². The van der Waals surface area contributed by atoms with Crippen LogP contribution in [0, 0.1) is 11.8 Å². The number of rotatable bonds is 6. The molecule has 4 rings (SSSR count). The summed E-state index contributed by atoms with van der Waals surface area (Å²) in [6.45, 7) is 1.48. The summed E-state index contributed by atoms with van der Waals surface area (Å²) in [4.78, 5) is 41.4. The maximum absolute atomic E-state index is 12.8. The highest BCUT2D eigenvalue weighted by Gasteiger charge is 2.34. The minimum Gasteiger partial charge on any atom is -0.481 e. The van der Waals surface area contributed by atoms with Gasteiger partial charge in [-0.15, -0.1) is 0 Å². The summed E-state index contributed by atoms with van der Waals surface area (Å²) in [6.07, 6.45) is 8.04. The average molecular weight is 411 g/mol. The third kappa shape index (κ3) is 3.82. The number of carbonyl (C=O) groups is 3. The molecule has 0 radical (unpaired) electrons. The molecule has 0 unspecified atom stereocenters. The van der Waals surface area contributed by atoms with E-state index in [4.69, 9.17) is 0 Å². The van der Waals surface area contributed by atoms with Gasteiger partial charge in [-0.3, -0.25) is 19.3 Å². The van der Waals surface area contributed by atoms with Crippen LogP contribution in [0.2, 0.25) is 0 Å². The van der Waals surface area contributed by atoms with Gasteiger partial charge < -0.3 is 20.5 Å². The molecular weight excluding hydrogens is 386 g/mol. The van der Waals surface area contributed by atoms with Crippen molar-refractivity contribution in [1.29, 1.82) is 0 Å². The van der Waals surface area contributed by atoms with E-state index < -0.39 is 29.8 Å². The minimum atomic E-state index is -0.974. The summed E-state index contributed by atoms with van der Waals surface area (Å²) in [5.74, 6) is -3.58. The number of anilines is 1. The van der Waals surface area contributed by atoms with Crippen molar-refractivity contribution in [2.75, 3.05) is 18.4 Å². The number of H-pyrrole nitrogens is 1. The van der Waals surface area contributed by atoms with Gasteiger partial charge in [-0.1, -0.05) is 12.2 Å². The van der Waals surface area contributed by atoms with E-state index in [2.05, 4.69) is 10.3 Å². The molecule has 3 atom stereocenters. The van der Waals surface area contributed by atoms with E-state index in [1.54, 1.807) is 30.5 Å². The van der Waals surface area contributed by atoms with Crippen LogP contribution in [-0.2, 0) is 14.4 Å². The molecular formula is C22H25N3O5. The van der Waals surface area contributed by atoms with Gasteiger partial charge in [0.2, 0.25) is 5.91 Å². The van der Waals surface area contributed by atoms with Crippen molar-refractivity contribution in [3.63, 3.8) is 0 Å². The fourth-order valence-corrected chi connectivity index (χ4v) is 4.54. The third-order valence-electron chi connectivity index (χ3n) is 6.10. The Labute approximate surface area is 173 Å². The van der Waals surface area contributed by atoms with E-state index in [-0.39, 0.29) is 5.91 Å². The monoisotopic (exact) mass is 411 g/mol. The van der Waals surface area contributed by atoms with Crippen molar-refractivity contribution in [3.05, 3.63) is 42.1 Å². The zero-order chi connectivity index (χ0) is 21.3. The number of aromatic amines is 1. The maximum Gasteiger partial charge on any atom is 0.325 e. The highest BCUT2D eigenvalue weighted by atomic mass is 16.4. The molecule has 158 valence electrons. The van der Waals surface area contributed by atoms with E-state index >= 15 is 0 Å². The first-order valence-electron chi connectivity index (χ1n) is 10.2. The zero-order valence-corrected chi connectivity index (χ0v) is 16.5. The van der Waals surface area contributed by atoms with Gasteiger partial charge in [0, 0.05) is 28.4 Å². The van der Waals surface area contributed by atoms with Crippen LogP contribution in [0.15, 0.2) is 36.5 Å². The zero-order valence-electron chi connectivity index (χ0n) is 16.5. The van der Waals surface area contributed by atoms with Crippen molar-refractivity contribution in [1.82, 2.24) is 9.88 Å². The first kappa shape index (κ1) is 20.2. The number of aromatic nitrogens is 1. The summed E-state index contributed by atoms with van der Waals surface area (Å²) in [6, 6.07) is 4.56. The Kier molecular flexibility index (Phi) is 5.59. The fraction of sp³-hybridized carbons (Fsp3) is 0.409. The molecule has 1 saturated heterocycles. The number of aliphatic carboxylic acids is 2. The molecule has 30 heavy (non-hydrogen) atoms. The number of hydrogen-bond donors (Lipinski definition) is 4. The lowest BCUT2D eigenvalue weighted by Gasteiger charge is -2.24. The predicted molar refractivity (Wildman–Crippen MR) is 111 cm³/mol. The highest BCUT2D eigenvalue weighted by Crippen LogP contribution is 2.33. The number of amides is 1. The van der Waals surface area contributed by atoms with Gasteiger partial charge in [0.25, 0.3) is 0 Å². The van der Waals surface area contributed by atoms with Crippen molar-refractivity contribution in [3.8, 4) is 0 Å². The Morgan fingerprint density at radius 3 is 2.43 bits per heavy atom. The molecule has 4 N–H and O–H groups in total. The normalized spacial score (nSPS) is 22.8. The topological polar surface area (TPSA) is 123 Å². The summed E-state index contributed by atoms with van der Waals surface area (Å²) in [5, 5.41) is 22.8. The van der Waals surface area contributed by atoms with Gasteiger partial charge in [-0.25, -0.2) is 0 Å². The van der Waals surface area contributed by atoms with E-state index in [0.717, 1.165) is 36.8 Å². The second kappa shape index (κ2) is 8.31. The van der Waals surface area contributed by atoms with Crippen molar-refractivity contribution in [2.45, 2.75) is 31.7 Å². The highest BCUT2D eigenvalue weighted by molar-refractivity contribution is 5.98. The van der Waals surface area contributed by atoms with Crippen molar-refractivity contribution >= 4 is 34.4 Å². The van der Waals surface area contributed by atoms with Crippen LogP contribution < -0.4 is 5.32 Å². The van der Waals surface area contributed by atoms with Crippen LogP contribution in [0.4, 0.5) is 5.69 Å². The Bertz CT molecular complexity index is 1010. The number of carboxylic acid groups (broad SMARTS) is 2. The molecule has 1 aromatic carbocycles. The first-order chi connectivity index (χ1) is 14.5. The molecule has 2 aromatic rings. The number of benzene rings is 1. The molecule has 1 fully saturated rings. The van der Waals surface area contributed by atoms with E-state index in [9.17, 15) is 24.6 Å². The quantitative estimate of drug-likeness (QED) is 0.542. The van der Waals surface area contributed by atoms with Gasteiger partial charge in [-0.2, -0.15) is 0 Å². The lowest BCUT2D eigenvalue weighted by molar-refractivity contribution is -0.146. The first-order valence-corrected chi connectivity index (χ1v) is 10.2. The number of likely N-dealkylation sites (tertiary alicyclic amines) is 1. The Morgan fingerprint density at radius 2 is 1.77 bits per heavy atom. The molecule has 8 nitrogen and oxygen atoms in total. The minimum absolute atomic E-state index is 0.336. The van der Waals surface area contributed by atoms with Crippen molar-refractivity contribution in [2.24, 2.45) is 11.8 Å². The van der Waals surface area contributed by atoms with E-state index in [1.165, 1.54) is 0 Å². The number of hydrogen-bond acceptors (Lipinski definition) is 4. The standard InChI is InChI=1S/C22H25N3O5/c26-20(14-5-1-2-6-15(14)21(27)28)24-13-7-8-18-16(11-13)17(12-23-18)19(22(29)30)25-9-3-4-10-25/h1-2,7-8,11-12,14-15,19,23H,3-6,9-10H2,(H,24,26)(H,27,28)(H,29,30)/t14-,15+,19+/m1/s1. The molecule has 8 heteroatoms. The SMILES string of the molecule is O=C(O)[C@H]1CC=CC[C@H]1C(=O)Nc1ccc2[nH]cc([C@@H](C(=O)O)N3CCCC3)c2c1. The lowest BCUT2D eigenvalue weighted by atomic mass is 9.82. The number of fused-ring (bicyclic) bond motifs is 1. The van der Waals surface area contributed by atoms with Crippen LogP contribution in [0.25, 0.3) is 10.9 Å². The van der Waals surface area contributed by atoms with Crippen LogP contribution in [0.1, 0.15) is 37.3 Å². The molecule has 0 bridgehead atoms. The molecule has 0 saturated carbocycles. The van der Waals surface area contributed by atoms with Gasteiger partial charge in [0.05, 0.1) is 11.8 Å². The third-order valence-corrected chi connectivity index (χ3v) is 6.10. The number of carboxylic acids is 2. The van der Waals surface area contributed by atoms with Gasteiger partial charge >= 0.3 is 11.9 Å². The number of allylic oxidation sites excluding steroid dienone is 2. The maximum atomic E-state index is 12.8. The van der Waals surface area contributed by atoms with E-state index in [1.807, 2.05) is 11.0 Å². The second-order valence-electron chi connectivity index (χ2n) is 7.97. The molecule has 1 aliphatic carbocycles. The molecule has 2 aliphatic rings. The lowest BCUT2D eigenvalue weighted by Crippen LogP contribution is -2.34. The molecule has 2 heterocycles. The molecule has 1 aromatic heterocycles. The fourth-order valence-electron chi connectivity index (χ4n) is 4.54. The Balaban J connectivity index is 1.61. The van der Waals surface area contributed by atoms with Crippen molar-refractivity contribution < 1.29 is 24.6 Å². The second-order valence-corrected chi connectivity index (χ2v) is 7.97. The number of carbonyl (C=O) groups excluding carboxylic acids is 1. The summed E-state index contributed by atoms with van der Waals surface area (Å²) < 4.78 is 0. The Hall–Kier alpha value is -3.13. The molecule has 1 aliphatic heterocycles. The van der Waals surface area contributed by atoms with E-state index in [0.29, 0.717) is 24.1 Å². The van der Waals surface area contributed by atoms with Crippen LogP contribution in [0.5, 0.6) is 0 Å². The molecule has 1 amide bonds. The van der Waals surface area contributed by atoms with Crippen LogP contribution in [0.3, 0.4) is 0 Å². The largest absolute Gasteiger partial charge is 0.481 e. The average Bonchev–Trinajstić information content (AvgIpc) is 3.39. The van der Waals surface area contributed by atoms with Crippen LogP contribution >= 0.6 is 0 Å². The van der Waals surface area contributed by atoms with Gasteiger partial charge in [0.1, 0.15) is 6.04 Å². The molecule has 0 spiro atoms. The number of nitrogens with zero attached hydrogens (tertiary/aromatic N) is 1. The van der Waals surface area contributed by atoms with Gasteiger partial charge in [-0.05, 0) is 57.0 Å².